The first kappa shape index (κ1) is 13.4. The quantitative estimate of drug-likeness (QED) is 0.618. The molecule has 0 unspecified atom stereocenters. The van der Waals surface area contributed by atoms with E-state index in [9.17, 15) is 20.7 Å². The van der Waals surface area contributed by atoms with Crippen LogP contribution in [0, 0.1) is 0 Å². The van der Waals surface area contributed by atoms with E-state index < -0.39 is 20.4 Å². The number of hydrogen-bond acceptors (Lipinski definition) is 4. The van der Waals surface area contributed by atoms with Crippen molar-refractivity contribution in [1.29, 1.82) is 0 Å². The molecule has 0 aromatic heterocycles. The Bertz CT molecular complexity index is 248. The number of rotatable bonds is 2. The van der Waals surface area contributed by atoms with Gasteiger partial charge in [0.1, 0.15) is 0 Å². The summed E-state index contributed by atoms with van der Waals surface area (Å²) in [5, 5.41) is 0. The first-order valence-corrected chi connectivity index (χ1v) is 5.78. The molecule has 0 aliphatic rings. The maximum Gasteiger partial charge on any atom is 0.239 e. The molecule has 0 spiro atoms. The van der Waals surface area contributed by atoms with Gasteiger partial charge in [0.2, 0.25) is 10.4 Å². The number of nitrogens with zero attached hydrogens (tertiary/aromatic N) is 1. The van der Waals surface area contributed by atoms with Gasteiger partial charge in [-0.25, -0.2) is 16.8 Å². The van der Waals surface area contributed by atoms with E-state index >= 15 is 0 Å². The summed E-state index contributed by atoms with van der Waals surface area (Å²) in [5.41, 5.74) is 0. The molecule has 0 rings (SSSR count). The Labute approximate surface area is 66.0 Å². The highest BCUT2D eigenvalue weighted by Gasteiger charge is 1.97. The lowest BCUT2D eigenvalue weighted by molar-refractivity contribution is 0.560. The smallest absolute Gasteiger partial charge is 0.239 e. The minimum atomic E-state index is -5.24. The standard InChI is InChI=1S/C2H6.CH3FNO4S2/c1-2;1-8(4,5)3-9(2,6)7/h1-2H3;1H3/q;-1. The Morgan fingerprint density at radius 3 is 1.36 bits per heavy atom. The zero-order valence-electron chi connectivity index (χ0n) is 6.27. The molecule has 0 N–H and O–H groups in total. The molecule has 0 atom stereocenters. The Hall–Kier alpha value is -0.210. The van der Waals surface area contributed by atoms with Crippen LogP contribution in [-0.2, 0) is 20.4 Å². The second-order valence-corrected chi connectivity index (χ2v) is 4.11. The largest absolute Gasteiger partial charge is 0.408 e. The molecule has 0 aliphatic heterocycles. The highest BCUT2D eigenvalue weighted by atomic mass is 32.3. The molecule has 0 saturated heterocycles. The predicted octanol–water partition coefficient (Wildman–Crippen LogP) is 0.560. The maximum absolute atomic E-state index is 11.3. The van der Waals surface area contributed by atoms with Gasteiger partial charge in [0.25, 0.3) is 0 Å². The van der Waals surface area contributed by atoms with Gasteiger partial charge in [0, 0.05) is 6.26 Å². The van der Waals surface area contributed by atoms with Gasteiger partial charge in [-0.15, -0.1) is 3.89 Å². The minimum absolute atomic E-state index is 0.476. The molecule has 0 radical (unpaired) electrons. The van der Waals surface area contributed by atoms with Gasteiger partial charge in [-0.05, 0) is 0 Å². The van der Waals surface area contributed by atoms with Crippen LogP contribution < -0.4 is 0 Å². The van der Waals surface area contributed by atoms with Gasteiger partial charge >= 0.3 is 0 Å². The van der Waals surface area contributed by atoms with E-state index in [0.717, 1.165) is 0 Å². The average molecular weight is 206 g/mol. The predicted molar refractivity (Wildman–Crippen MR) is 39.6 cm³/mol. The van der Waals surface area contributed by atoms with Crippen LogP contribution in [-0.4, -0.2) is 23.1 Å². The summed E-state index contributed by atoms with van der Waals surface area (Å²) < 4.78 is 51.7. The third-order valence-electron chi connectivity index (χ3n) is 0.224. The molecular weight excluding hydrogens is 197 g/mol. The van der Waals surface area contributed by atoms with E-state index in [1.807, 2.05) is 18.0 Å². The van der Waals surface area contributed by atoms with Crippen LogP contribution in [0.3, 0.4) is 0 Å². The monoisotopic (exact) mass is 206 g/mol. The van der Waals surface area contributed by atoms with Crippen molar-refractivity contribution < 1.29 is 20.7 Å². The van der Waals surface area contributed by atoms with Crippen molar-refractivity contribution in [2.75, 3.05) is 6.26 Å². The SMILES string of the molecule is CC.CS(=O)(=O)[N-]S(=O)(=O)F. The summed E-state index contributed by atoms with van der Waals surface area (Å²) >= 11 is 0. The van der Waals surface area contributed by atoms with Crippen LogP contribution >= 0.6 is 0 Å². The summed E-state index contributed by atoms with van der Waals surface area (Å²) in [6.07, 6.45) is 0.476. The average Bonchev–Trinajstić information content (AvgIpc) is 1.60. The van der Waals surface area contributed by atoms with E-state index in [0.29, 0.717) is 6.26 Å². The van der Waals surface area contributed by atoms with Gasteiger partial charge in [-0.3, -0.25) is 0 Å². The molecule has 0 aromatic rings. The molecule has 70 valence electrons. The molecule has 0 aliphatic carbocycles. The summed E-state index contributed by atoms with van der Waals surface area (Å²) in [7, 11) is -9.36. The van der Waals surface area contributed by atoms with E-state index in [-0.39, 0.29) is 0 Å². The lowest BCUT2D eigenvalue weighted by Gasteiger charge is -2.08. The fraction of sp³-hybridized carbons (Fsp3) is 1.00. The number of halogens is 1. The van der Waals surface area contributed by atoms with Crippen molar-refractivity contribution in [2.45, 2.75) is 13.8 Å². The third-order valence-corrected chi connectivity index (χ3v) is 2.02. The van der Waals surface area contributed by atoms with Crippen molar-refractivity contribution in [1.82, 2.24) is 0 Å². The topological polar surface area (TPSA) is 82.4 Å². The zero-order valence-corrected chi connectivity index (χ0v) is 7.91. The van der Waals surface area contributed by atoms with Crippen LogP contribution in [0.1, 0.15) is 13.8 Å². The van der Waals surface area contributed by atoms with Crippen molar-refractivity contribution in [3.05, 3.63) is 4.13 Å². The summed E-state index contributed by atoms with van der Waals surface area (Å²) in [4.78, 5) is 0. The van der Waals surface area contributed by atoms with Crippen molar-refractivity contribution in [3.63, 3.8) is 0 Å². The first-order chi connectivity index (χ1) is 4.71. The summed E-state index contributed by atoms with van der Waals surface area (Å²) in [6, 6.07) is 0. The van der Waals surface area contributed by atoms with E-state index in [1.165, 1.54) is 0 Å². The number of sulfonamides is 1. The Kier molecular flexibility index (Phi) is 5.63. The molecular formula is C3H9FNO4S2-. The minimum Gasteiger partial charge on any atom is -0.408 e. The van der Waals surface area contributed by atoms with Crippen molar-refractivity contribution >= 4 is 20.4 Å². The maximum atomic E-state index is 11.3. The van der Waals surface area contributed by atoms with Gasteiger partial charge in [0.05, 0.1) is 10.0 Å². The van der Waals surface area contributed by atoms with Gasteiger partial charge in [-0.1, -0.05) is 13.8 Å². The Morgan fingerprint density at radius 1 is 1.09 bits per heavy atom. The molecule has 0 heterocycles. The first-order valence-electron chi connectivity index (χ1n) is 2.59. The molecule has 11 heavy (non-hydrogen) atoms. The second kappa shape index (κ2) is 4.62. The highest BCUT2D eigenvalue weighted by molar-refractivity contribution is 8.09. The Morgan fingerprint density at radius 2 is 1.36 bits per heavy atom. The third kappa shape index (κ3) is 17.7. The molecule has 0 amide bonds. The van der Waals surface area contributed by atoms with Crippen LogP contribution in [0.4, 0.5) is 3.89 Å². The lowest BCUT2D eigenvalue weighted by Crippen LogP contribution is -1.98. The van der Waals surface area contributed by atoms with Crippen molar-refractivity contribution in [2.24, 2.45) is 0 Å². The van der Waals surface area contributed by atoms with Crippen molar-refractivity contribution in [3.8, 4) is 0 Å². The van der Waals surface area contributed by atoms with Crippen LogP contribution in [0.15, 0.2) is 0 Å². The van der Waals surface area contributed by atoms with Crippen LogP contribution in [0.5, 0.6) is 0 Å². The number of hydrogen-bond donors (Lipinski definition) is 0. The highest BCUT2D eigenvalue weighted by Crippen LogP contribution is 2.07. The van der Waals surface area contributed by atoms with Gasteiger partial charge in [-0.2, -0.15) is 0 Å². The zero-order chi connectivity index (χ0) is 9.71. The summed E-state index contributed by atoms with van der Waals surface area (Å²) in [5.74, 6) is 0. The van der Waals surface area contributed by atoms with Crippen LogP contribution in [0.25, 0.3) is 4.13 Å². The van der Waals surface area contributed by atoms with E-state index in [2.05, 4.69) is 0 Å². The van der Waals surface area contributed by atoms with Crippen LogP contribution in [0.2, 0.25) is 0 Å². The molecule has 0 fully saturated rings. The summed E-state index contributed by atoms with van der Waals surface area (Å²) in [6.45, 7) is 4.00. The molecule has 0 bridgehead atoms. The van der Waals surface area contributed by atoms with E-state index in [4.69, 9.17) is 0 Å². The van der Waals surface area contributed by atoms with Gasteiger partial charge < -0.3 is 4.13 Å². The fourth-order valence-corrected chi connectivity index (χ4v) is 1.46. The Balaban J connectivity index is 0. The molecule has 5 nitrogen and oxygen atoms in total. The lowest BCUT2D eigenvalue weighted by atomic mass is 11.0. The normalized spacial score (nSPS) is 11.6. The molecule has 0 saturated carbocycles. The molecule has 8 heteroatoms. The fourth-order valence-electron chi connectivity index (χ4n) is 0.162. The van der Waals surface area contributed by atoms with Gasteiger partial charge in [0.15, 0.2) is 0 Å². The molecule has 0 aromatic carbocycles. The van der Waals surface area contributed by atoms with E-state index in [1.54, 1.807) is 0 Å². The second-order valence-electron chi connectivity index (χ2n) is 1.22.